The number of nitrogens with zero attached hydrogens (tertiary/aromatic N) is 4. The highest BCUT2D eigenvalue weighted by molar-refractivity contribution is 6.01. The minimum atomic E-state index is -5.19. The number of likely N-dealkylation sites (tertiary alicyclic amines) is 1. The Hall–Kier alpha value is -5.77. The number of hydrogen-bond acceptors (Lipinski definition) is 9. The maximum atomic E-state index is 13.6. The number of carboxylic acid groups (broad SMARTS) is 1. The molecule has 13 nitrogen and oxygen atoms in total. The van der Waals surface area contributed by atoms with Crippen LogP contribution in [0.2, 0.25) is 0 Å². The number of aliphatic carboxylic acids is 1. The molecule has 3 aromatic carbocycles. The summed E-state index contributed by atoms with van der Waals surface area (Å²) in [5.41, 5.74) is 3.84. The van der Waals surface area contributed by atoms with E-state index in [0.29, 0.717) is 47.8 Å². The number of phenolic OH excluding ortho intramolecular Hbond substituents is 2. The maximum absolute atomic E-state index is 13.6. The van der Waals surface area contributed by atoms with E-state index in [0.717, 1.165) is 35.4 Å². The van der Waals surface area contributed by atoms with E-state index in [1.54, 1.807) is 60.7 Å². The lowest BCUT2D eigenvalue weighted by molar-refractivity contribution is -0.916. The van der Waals surface area contributed by atoms with Crippen molar-refractivity contribution in [2.75, 3.05) is 25.5 Å². The molecule has 16 heteroatoms. The zero-order valence-corrected chi connectivity index (χ0v) is 27.8. The fraction of sp³-hybridized carbons (Fsp3) is 0.314. The molecule has 1 aliphatic heterocycles. The molecule has 3 amide bonds. The van der Waals surface area contributed by atoms with Crippen LogP contribution in [0.3, 0.4) is 0 Å². The van der Waals surface area contributed by atoms with Gasteiger partial charge in [-0.05, 0) is 60.5 Å². The van der Waals surface area contributed by atoms with Crippen LogP contribution in [0.25, 0.3) is 11.4 Å². The van der Waals surface area contributed by atoms with Gasteiger partial charge < -0.3 is 39.8 Å². The van der Waals surface area contributed by atoms with Crippen LogP contribution in [0.4, 0.5) is 23.7 Å². The molecule has 51 heavy (non-hydrogen) atoms. The van der Waals surface area contributed by atoms with Gasteiger partial charge >= 0.3 is 12.2 Å². The van der Waals surface area contributed by atoms with Crippen LogP contribution >= 0.6 is 0 Å². The number of piperidine rings is 1. The van der Waals surface area contributed by atoms with E-state index in [4.69, 9.17) is 14.4 Å². The van der Waals surface area contributed by atoms with E-state index in [1.165, 1.54) is 0 Å². The number of halogens is 3. The minimum absolute atomic E-state index is 0.115. The number of carboxylic acids is 1. The maximum Gasteiger partial charge on any atom is 0.430 e. The number of phenols is 2. The largest absolute Gasteiger partial charge is 0.542 e. The number of alkyl halides is 3. The number of aryl methyl sites for hydroxylation is 1. The van der Waals surface area contributed by atoms with E-state index in [2.05, 4.69) is 32.8 Å². The van der Waals surface area contributed by atoms with Crippen molar-refractivity contribution in [2.45, 2.75) is 51.4 Å². The predicted molar refractivity (Wildman–Crippen MR) is 177 cm³/mol. The Bertz CT molecular complexity index is 1850. The summed E-state index contributed by atoms with van der Waals surface area (Å²) in [4.78, 5) is 44.3. The number of rotatable bonds is 9. The van der Waals surface area contributed by atoms with Crippen molar-refractivity contribution in [1.82, 2.24) is 15.5 Å². The van der Waals surface area contributed by atoms with Crippen LogP contribution in [0.1, 0.15) is 36.8 Å². The zero-order valence-electron chi connectivity index (χ0n) is 27.8. The quantitative estimate of drug-likeness (QED) is 0.185. The van der Waals surface area contributed by atoms with Gasteiger partial charge in [0.05, 0.1) is 19.3 Å². The van der Waals surface area contributed by atoms with Crippen molar-refractivity contribution in [3.63, 3.8) is 0 Å². The predicted octanol–water partition coefficient (Wildman–Crippen LogP) is 4.15. The molecule has 0 saturated carbocycles. The van der Waals surface area contributed by atoms with Crippen molar-refractivity contribution < 1.29 is 51.9 Å². The number of carbonyl (C=O) groups is 3. The van der Waals surface area contributed by atoms with Gasteiger partial charge in [0.2, 0.25) is 11.7 Å². The number of aromatic hydroxyl groups is 2. The molecule has 0 radical (unpaired) electrons. The Morgan fingerprint density at radius 3 is 2.31 bits per heavy atom. The van der Waals surface area contributed by atoms with Crippen molar-refractivity contribution in [2.24, 2.45) is 4.99 Å². The third kappa shape index (κ3) is 11.7. The van der Waals surface area contributed by atoms with Crippen LogP contribution in [0, 0.1) is 0 Å². The molecule has 270 valence electrons. The lowest BCUT2D eigenvalue weighted by atomic mass is 10.0. The molecule has 1 aromatic heterocycles. The smallest absolute Gasteiger partial charge is 0.430 e. The second-order valence-corrected chi connectivity index (χ2v) is 12.2. The highest BCUT2D eigenvalue weighted by Crippen LogP contribution is 2.23. The van der Waals surface area contributed by atoms with E-state index in [9.17, 15) is 33.0 Å². The molecule has 0 bridgehead atoms. The fourth-order valence-corrected chi connectivity index (χ4v) is 5.43. The van der Waals surface area contributed by atoms with Gasteiger partial charge in [0.15, 0.2) is 0 Å². The van der Waals surface area contributed by atoms with Gasteiger partial charge in [-0.15, -0.1) is 0 Å². The third-order valence-corrected chi connectivity index (χ3v) is 7.85. The number of quaternary nitrogens is 1. The highest BCUT2D eigenvalue weighted by Gasteiger charge is 2.31. The van der Waals surface area contributed by atoms with Gasteiger partial charge in [-0.2, -0.15) is 18.2 Å². The number of amides is 3. The average molecular weight is 711 g/mol. The summed E-state index contributed by atoms with van der Waals surface area (Å²) in [6.07, 6.45) is -2.78. The van der Waals surface area contributed by atoms with E-state index < -0.39 is 30.1 Å². The molecule has 1 saturated heterocycles. The second-order valence-electron chi connectivity index (χ2n) is 12.2. The Balaban J connectivity index is 0.000000755. The van der Waals surface area contributed by atoms with E-state index >= 15 is 0 Å². The number of nitrogens with one attached hydrogen (secondary N) is 2. The van der Waals surface area contributed by atoms with Crippen LogP contribution in [-0.2, 0) is 29.0 Å². The Morgan fingerprint density at radius 1 is 1.02 bits per heavy atom. The SMILES string of the molecule is CCc1nc(-c2ccc(NC(=O)N[C@@H](Cc3ccc(O)cc3)C(=O)/N=C3\CCC[N+](C)(Cc4cccc(O)c4)C3)cc2)no1.O=C([O-])C(F)(F)F. The number of benzene rings is 3. The molecule has 2 heterocycles. The third-order valence-electron chi connectivity index (χ3n) is 7.85. The standard InChI is InChI=1S/C33H36N6O5.C2HF3O2/c1-3-30-37-31(38-44-30)24-11-13-25(14-12-24)35-33(43)36-29(19-22-9-15-27(40)16-10-22)32(42)34-26-7-5-17-39(2,21-26)20-23-6-4-8-28(41)18-23;3-2(4,5)1(6)7/h4,6,8-16,18,29H,3,5,7,17,19-21H2,1-2H3,(H3-,35,36,38,40,41,43);(H,6,7)/b34-26+;/t29-,39?;/m0./s1. The molecule has 1 fully saturated rings. The lowest BCUT2D eigenvalue weighted by Gasteiger charge is -2.38. The first kappa shape index (κ1) is 38.0. The Labute approximate surface area is 291 Å². The van der Waals surface area contributed by atoms with Crippen molar-refractivity contribution in [3.8, 4) is 22.9 Å². The highest BCUT2D eigenvalue weighted by atomic mass is 19.4. The van der Waals surface area contributed by atoms with Crippen LogP contribution in [-0.4, -0.2) is 80.8 Å². The van der Waals surface area contributed by atoms with Crippen LogP contribution < -0.4 is 15.7 Å². The van der Waals surface area contributed by atoms with Gasteiger partial charge in [0.25, 0.3) is 5.91 Å². The second kappa shape index (κ2) is 16.8. The first-order valence-corrected chi connectivity index (χ1v) is 15.9. The number of aromatic nitrogens is 2. The van der Waals surface area contributed by atoms with E-state index in [1.807, 2.05) is 19.1 Å². The Kier molecular flexibility index (Phi) is 12.5. The Morgan fingerprint density at radius 2 is 1.71 bits per heavy atom. The fourth-order valence-electron chi connectivity index (χ4n) is 5.43. The summed E-state index contributed by atoms with van der Waals surface area (Å²) in [5, 5.41) is 37.9. The van der Waals surface area contributed by atoms with E-state index in [-0.39, 0.29) is 17.9 Å². The molecule has 0 spiro atoms. The van der Waals surface area contributed by atoms with Gasteiger partial charge in [0.1, 0.15) is 36.6 Å². The monoisotopic (exact) mass is 710 g/mol. The van der Waals surface area contributed by atoms with Gasteiger partial charge in [-0.3, -0.25) is 4.79 Å². The molecule has 0 aliphatic carbocycles. The van der Waals surface area contributed by atoms with Crippen LogP contribution in [0.5, 0.6) is 11.5 Å². The number of anilines is 1. The minimum Gasteiger partial charge on any atom is -0.542 e. The zero-order chi connectivity index (χ0) is 37.2. The number of carbonyl (C=O) groups excluding carboxylic acids is 3. The summed E-state index contributed by atoms with van der Waals surface area (Å²) in [6.45, 7) is 4.14. The van der Waals surface area contributed by atoms with Gasteiger partial charge in [-0.25, -0.2) is 9.79 Å². The topological polar surface area (TPSA) is 190 Å². The average Bonchev–Trinajstić information content (AvgIpc) is 3.55. The summed E-state index contributed by atoms with van der Waals surface area (Å²) in [7, 11) is 2.12. The molecule has 4 aromatic rings. The molecular weight excluding hydrogens is 673 g/mol. The molecule has 4 N–H and O–H groups in total. The first-order valence-electron chi connectivity index (χ1n) is 15.9. The lowest BCUT2D eigenvalue weighted by Crippen LogP contribution is -2.51. The summed E-state index contributed by atoms with van der Waals surface area (Å²) >= 11 is 0. The normalized spacial score (nSPS) is 17.2. The molecule has 1 unspecified atom stereocenters. The first-order chi connectivity index (χ1) is 24.1. The molecule has 1 aliphatic rings. The summed E-state index contributed by atoms with van der Waals surface area (Å²) in [6, 6.07) is 19.3. The van der Waals surface area contributed by atoms with Crippen molar-refractivity contribution in [3.05, 3.63) is 89.8 Å². The summed E-state index contributed by atoms with van der Waals surface area (Å²) < 4.78 is 37.4. The molecule has 2 atom stereocenters. The van der Waals surface area contributed by atoms with Crippen molar-refractivity contribution >= 4 is 29.3 Å². The molecular formula is C35H37F3N6O7. The number of urea groups is 1. The molecule has 5 rings (SSSR count). The van der Waals surface area contributed by atoms with Crippen molar-refractivity contribution in [1.29, 1.82) is 0 Å². The van der Waals surface area contributed by atoms with Gasteiger partial charge in [-0.1, -0.05) is 36.3 Å². The summed E-state index contributed by atoms with van der Waals surface area (Å²) in [5.74, 6) is -2.09. The number of hydrogen-bond donors (Lipinski definition) is 4. The van der Waals surface area contributed by atoms with Gasteiger partial charge in [0, 0.05) is 36.1 Å². The number of aliphatic imine (C=N–C) groups is 1. The van der Waals surface area contributed by atoms with Crippen LogP contribution in [0.15, 0.2) is 82.3 Å².